The first-order chi connectivity index (χ1) is 11.6. The highest BCUT2D eigenvalue weighted by molar-refractivity contribution is 6.01. The van der Waals surface area contributed by atoms with Crippen molar-refractivity contribution in [2.45, 2.75) is 71.2 Å². The van der Waals surface area contributed by atoms with E-state index in [1.165, 1.54) is 0 Å². The van der Waals surface area contributed by atoms with Gasteiger partial charge < -0.3 is 14.9 Å². The smallest absolute Gasteiger partial charge is 0.334 e. The maximum absolute atomic E-state index is 12.0. The minimum Gasteiger partial charge on any atom is -0.456 e. The molecule has 3 atom stereocenters. The Labute approximate surface area is 149 Å². The van der Waals surface area contributed by atoms with E-state index < -0.39 is 23.7 Å². The molecule has 0 aromatic heterocycles. The Bertz CT molecular complexity index is 633. The van der Waals surface area contributed by atoms with Crippen LogP contribution in [-0.4, -0.2) is 39.8 Å². The Morgan fingerprint density at radius 1 is 1.40 bits per heavy atom. The average Bonchev–Trinajstić information content (AvgIpc) is 2.74. The molecule has 0 saturated carbocycles. The van der Waals surface area contributed by atoms with Gasteiger partial charge in [0.15, 0.2) is 5.78 Å². The van der Waals surface area contributed by atoms with E-state index in [2.05, 4.69) is 0 Å². The van der Waals surface area contributed by atoms with Crippen LogP contribution in [0.3, 0.4) is 0 Å². The number of aliphatic hydroxyl groups is 2. The first-order valence-corrected chi connectivity index (χ1v) is 8.80. The molecular weight excluding hydrogens is 320 g/mol. The standard InChI is InChI=1S/C20H28O5/c1-12(10-15-16(21)11-13(2)18(15)22)6-5-7-14-8-9-17(20(3,4)24)25-19(14)23/h7,10-11,15-17,21,24H,5-6,8-9H2,1-4H3/b12-10+,14-7-. The quantitative estimate of drug-likeness (QED) is 0.453. The fourth-order valence-electron chi connectivity index (χ4n) is 3.23. The number of cyclic esters (lactones) is 1. The third kappa shape index (κ3) is 4.89. The van der Waals surface area contributed by atoms with E-state index >= 15 is 0 Å². The minimum atomic E-state index is -1.03. The maximum Gasteiger partial charge on any atom is 0.334 e. The Morgan fingerprint density at radius 2 is 2.08 bits per heavy atom. The van der Waals surface area contributed by atoms with Crippen LogP contribution in [0.25, 0.3) is 0 Å². The second kappa shape index (κ2) is 7.67. The zero-order valence-corrected chi connectivity index (χ0v) is 15.4. The fraction of sp³-hybridized carbons (Fsp3) is 0.600. The molecule has 1 fully saturated rings. The van der Waals surface area contributed by atoms with Gasteiger partial charge in [0.1, 0.15) is 6.10 Å². The molecule has 0 radical (unpaired) electrons. The molecule has 0 aromatic rings. The normalized spacial score (nSPS) is 29.8. The molecule has 1 saturated heterocycles. The second-order valence-corrected chi connectivity index (χ2v) is 7.60. The van der Waals surface area contributed by atoms with E-state index in [0.29, 0.717) is 36.8 Å². The molecule has 2 N–H and O–H groups in total. The van der Waals surface area contributed by atoms with Gasteiger partial charge in [-0.3, -0.25) is 4.79 Å². The van der Waals surface area contributed by atoms with Crippen molar-refractivity contribution in [3.05, 3.63) is 34.9 Å². The summed E-state index contributed by atoms with van der Waals surface area (Å²) in [5.41, 5.74) is 1.23. The van der Waals surface area contributed by atoms with Crippen LogP contribution in [0.4, 0.5) is 0 Å². The summed E-state index contributed by atoms with van der Waals surface area (Å²) in [6.07, 6.45) is 6.67. The van der Waals surface area contributed by atoms with Gasteiger partial charge in [0.05, 0.1) is 17.6 Å². The van der Waals surface area contributed by atoms with E-state index in [1.807, 2.05) is 19.1 Å². The largest absolute Gasteiger partial charge is 0.456 e. The lowest BCUT2D eigenvalue weighted by atomic mass is 9.92. The number of rotatable bonds is 5. The average molecular weight is 348 g/mol. The highest BCUT2D eigenvalue weighted by Gasteiger charge is 2.35. The third-order valence-corrected chi connectivity index (χ3v) is 4.85. The summed E-state index contributed by atoms with van der Waals surface area (Å²) in [5.74, 6) is -0.875. The lowest BCUT2D eigenvalue weighted by Crippen LogP contribution is -2.42. The zero-order valence-electron chi connectivity index (χ0n) is 15.4. The molecular formula is C20H28O5. The van der Waals surface area contributed by atoms with Crippen molar-refractivity contribution < 1.29 is 24.5 Å². The molecule has 5 heteroatoms. The highest BCUT2D eigenvalue weighted by atomic mass is 16.6. The Morgan fingerprint density at radius 3 is 2.60 bits per heavy atom. The van der Waals surface area contributed by atoms with Crippen LogP contribution in [0.5, 0.6) is 0 Å². The van der Waals surface area contributed by atoms with Crippen LogP contribution in [0.2, 0.25) is 0 Å². The van der Waals surface area contributed by atoms with Gasteiger partial charge >= 0.3 is 5.97 Å². The van der Waals surface area contributed by atoms with Gasteiger partial charge in [-0.15, -0.1) is 0 Å². The summed E-state index contributed by atoms with van der Waals surface area (Å²) in [6, 6.07) is 0. The molecule has 1 aliphatic heterocycles. The number of hydrogen-bond donors (Lipinski definition) is 2. The van der Waals surface area contributed by atoms with Gasteiger partial charge in [0.2, 0.25) is 0 Å². The molecule has 1 aliphatic carbocycles. The van der Waals surface area contributed by atoms with E-state index in [0.717, 1.165) is 5.57 Å². The van der Waals surface area contributed by atoms with E-state index in [-0.39, 0.29) is 11.8 Å². The van der Waals surface area contributed by atoms with Crippen molar-refractivity contribution in [1.29, 1.82) is 0 Å². The first-order valence-electron chi connectivity index (χ1n) is 8.80. The van der Waals surface area contributed by atoms with Crippen LogP contribution >= 0.6 is 0 Å². The van der Waals surface area contributed by atoms with Crippen molar-refractivity contribution in [3.8, 4) is 0 Å². The summed E-state index contributed by atoms with van der Waals surface area (Å²) in [7, 11) is 0. The molecule has 5 nitrogen and oxygen atoms in total. The SMILES string of the molecule is CC1=CC(O)C(/C=C(\C)CC/C=C2/CCC(C(C)(C)O)OC2=O)C1=O. The number of Topliss-reactive ketones (excluding diaryl/α,β-unsaturated/α-hetero) is 1. The molecule has 0 amide bonds. The van der Waals surface area contributed by atoms with E-state index in [1.54, 1.807) is 26.8 Å². The lowest BCUT2D eigenvalue weighted by Gasteiger charge is -2.32. The van der Waals surface area contributed by atoms with Crippen molar-refractivity contribution in [2.75, 3.05) is 0 Å². The number of hydrogen-bond acceptors (Lipinski definition) is 5. The Kier molecular flexibility index (Phi) is 6.01. The number of carbonyl (C=O) groups excluding carboxylic acids is 2. The summed E-state index contributed by atoms with van der Waals surface area (Å²) >= 11 is 0. The minimum absolute atomic E-state index is 0.0290. The topological polar surface area (TPSA) is 83.8 Å². The molecule has 2 rings (SSSR count). The molecule has 1 heterocycles. The molecule has 0 bridgehead atoms. The zero-order chi connectivity index (χ0) is 18.8. The third-order valence-electron chi connectivity index (χ3n) is 4.85. The van der Waals surface area contributed by atoms with E-state index in [4.69, 9.17) is 4.74 Å². The molecule has 3 unspecified atom stereocenters. The predicted octanol–water partition coefficient (Wildman–Crippen LogP) is 2.62. The van der Waals surface area contributed by atoms with Crippen molar-refractivity contribution in [3.63, 3.8) is 0 Å². The first kappa shape index (κ1) is 19.6. The van der Waals surface area contributed by atoms with Crippen LogP contribution in [0.1, 0.15) is 53.4 Å². The van der Waals surface area contributed by atoms with Crippen LogP contribution in [0.15, 0.2) is 34.9 Å². The predicted molar refractivity (Wildman–Crippen MR) is 94.7 cm³/mol. The van der Waals surface area contributed by atoms with Crippen LogP contribution < -0.4 is 0 Å². The molecule has 138 valence electrons. The monoisotopic (exact) mass is 348 g/mol. The van der Waals surface area contributed by atoms with Gasteiger partial charge in [0.25, 0.3) is 0 Å². The van der Waals surface area contributed by atoms with Gasteiger partial charge in [-0.1, -0.05) is 17.7 Å². The van der Waals surface area contributed by atoms with Gasteiger partial charge in [-0.25, -0.2) is 4.79 Å². The Hall–Kier alpha value is -1.72. The number of ketones is 1. The van der Waals surface area contributed by atoms with Gasteiger partial charge in [0, 0.05) is 5.57 Å². The van der Waals surface area contributed by atoms with Gasteiger partial charge in [-0.05, 0) is 65.0 Å². The fourth-order valence-corrected chi connectivity index (χ4v) is 3.23. The number of aliphatic hydroxyl groups excluding tert-OH is 1. The maximum atomic E-state index is 12.0. The summed E-state index contributed by atoms with van der Waals surface area (Å²) < 4.78 is 5.31. The Balaban J connectivity index is 1.88. The van der Waals surface area contributed by atoms with Crippen LogP contribution in [-0.2, 0) is 14.3 Å². The molecule has 25 heavy (non-hydrogen) atoms. The highest BCUT2D eigenvalue weighted by Crippen LogP contribution is 2.28. The van der Waals surface area contributed by atoms with Crippen molar-refractivity contribution in [1.82, 2.24) is 0 Å². The molecule has 0 aromatic carbocycles. The summed E-state index contributed by atoms with van der Waals surface area (Å²) in [6.45, 7) is 6.93. The van der Waals surface area contributed by atoms with Crippen molar-refractivity contribution in [2.24, 2.45) is 5.92 Å². The summed E-state index contributed by atoms with van der Waals surface area (Å²) in [4.78, 5) is 24.0. The number of ether oxygens (including phenoxy) is 1. The van der Waals surface area contributed by atoms with Crippen molar-refractivity contribution >= 4 is 11.8 Å². The number of carbonyl (C=O) groups is 2. The lowest BCUT2D eigenvalue weighted by molar-refractivity contribution is -0.162. The van der Waals surface area contributed by atoms with Crippen LogP contribution in [0, 0.1) is 5.92 Å². The molecule has 2 aliphatic rings. The van der Waals surface area contributed by atoms with Gasteiger partial charge in [-0.2, -0.15) is 0 Å². The second-order valence-electron chi connectivity index (χ2n) is 7.60. The number of esters is 1. The number of allylic oxidation sites excluding steroid dienone is 3. The van der Waals surface area contributed by atoms with E-state index in [9.17, 15) is 19.8 Å². The summed E-state index contributed by atoms with van der Waals surface area (Å²) in [5, 5.41) is 19.8. The molecule has 0 spiro atoms.